The van der Waals surface area contributed by atoms with E-state index in [1.54, 1.807) is 0 Å². The van der Waals surface area contributed by atoms with Crippen molar-refractivity contribution in [1.82, 2.24) is 0 Å². The fourth-order valence-corrected chi connectivity index (χ4v) is 4.72. The van der Waals surface area contributed by atoms with Gasteiger partial charge in [0.15, 0.2) is 5.78 Å². The number of ether oxygens (including phenoxy) is 1. The molecule has 1 fully saturated rings. The molecule has 2 aliphatic rings. The van der Waals surface area contributed by atoms with Gasteiger partial charge >= 0.3 is 5.97 Å². The van der Waals surface area contributed by atoms with Crippen LogP contribution >= 0.6 is 0 Å². The molecular weight excluding hydrogens is 348 g/mol. The number of hydrogen-bond acceptors (Lipinski definition) is 3. The second-order valence-corrected chi connectivity index (χ2v) is 7.66. The van der Waals surface area contributed by atoms with Crippen LogP contribution in [0.3, 0.4) is 0 Å². The summed E-state index contributed by atoms with van der Waals surface area (Å²) in [4.78, 5) is 26.5. The van der Waals surface area contributed by atoms with Gasteiger partial charge in [-0.25, -0.2) is 0 Å². The van der Waals surface area contributed by atoms with Crippen molar-refractivity contribution in [3.8, 4) is 0 Å². The zero-order valence-corrected chi connectivity index (χ0v) is 15.5. The molecule has 0 unspecified atom stereocenters. The van der Waals surface area contributed by atoms with E-state index in [9.17, 15) is 9.59 Å². The molecular formula is C25H20O3. The Hall–Kier alpha value is -3.20. The van der Waals surface area contributed by atoms with Crippen molar-refractivity contribution in [3.05, 3.63) is 107 Å². The average molecular weight is 368 g/mol. The summed E-state index contributed by atoms with van der Waals surface area (Å²) in [5, 5.41) is 0. The van der Waals surface area contributed by atoms with Crippen molar-refractivity contribution in [2.75, 3.05) is 0 Å². The maximum absolute atomic E-state index is 13.5. The summed E-state index contributed by atoms with van der Waals surface area (Å²) in [5.41, 5.74) is 4.71. The predicted octanol–water partition coefficient (Wildman–Crippen LogP) is 4.97. The smallest absolute Gasteiger partial charge is 0.311 e. The van der Waals surface area contributed by atoms with Crippen molar-refractivity contribution in [2.24, 2.45) is 5.92 Å². The Kier molecular flexibility index (Phi) is 3.90. The van der Waals surface area contributed by atoms with Crippen molar-refractivity contribution >= 4 is 11.8 Å². The molecule has 0 spiro atoms. The van der Waals surface area contributed by atoms with Crippen LogP contribution in [0.15, 0.2) is 78.9 Å². The van der Waals surface area contributed by atoms with E-state index in [1.165, 1.54) is 0 Å². The summed E-state index contributed by atoms with van der Waals surface area (Å²) >= 11 is 0. The van der Waals surface area contributed by atoms with Crippen LogP contribution in [0.4, 0.5) is 0 Å². The highest BCUT2D eigenvalue weighted by Crippen LogP contribution is 2.57. The number of Topliss-reactive ketones (excluding diaryl/α,β-unsaturated/α-hetero) is 1. The SMILES string of the molecule is Cc1ccc([C@@H]2[C@@H]3C(=O)O[C@@H]2c2ccccc2[C@@H]3C(=O)c2ccccc2)cc1. The van der Waals surface area contributed by atoms with E-state index in [0.717, 1.165) is 22.3 Å². The molecule has 1 aliphatic carbocycles. The third-order valence-corrected chi connectivity index (χ3v) is 6.03. The fourth-order valence-electron chi connectivity index (χ4n) is 4.72. The van der Waals surface area contributed by atoms with Crippen LogP contribution in [0.5, 0.6) is 0 Å². The summed E-state index contributed by atoms with van der Waals surface area (Å²) < 4.78 is 5.83. The first-order chi connectivity index (χ1) is 13.6. The van der Waals surface area contributed by atoms with Crippen LogP contribution in [-0.4, -0.2) is 11.8 Å². The number of esters is 1. The Morgan fingerprint density at radius 1 is 0.786 bits per heavy atom. The lowest BCUT2D eigenvalue weighted by molar-refractivity contribution is -0.144. The van der Waals surface area contributed by atoms with E-state index < -0.39 is 11.8 Å². The second-order valence-electron chi connectivity index (χ2n) is 7.66. The van der Waals surface area contributed by atoms with Gasteiger partial charge in [0.05, 0.1) is 11.8 Å². The molecule has 3 nitrogen and oxygen atoms in total. The van der Waals surface area contributed by atoms with Gasteiger partial charge in [-0.15, -0.1) is 0 Å². The van der Waals surface area contributed by atoms with Gasteiger partial charge in [-0.05, 0) is 23.6 Å². The number of carbonyl (C=O) groups is 2. The molecule has 3 heteroatoms. The zero-order valence-electron chi connectivity index (χ0n) is 15.5. The number of fused-ring (bicyclic) bond motifs is 4. The van der Waals surface area contributed by atoms with E-state index >= 15 is 0 Å². The molecule has 1 heterocycles. The van der Waals surface area contributed by atoms with Crippen molar-refractivity contribution in [1.29, 1.82) is 0 Å². The number of aryl methyl sites for hydroxylation is 1. The van der Waals surface area contributed by atoms with Crippen LogP contribution in [-0.2, 0) is 9.53 Å². The molecule has 0 amide bonds. The molecule has 1 saturated heterocycles. The van der Waals surface area contributed by atoms with Gasteiger partial charge in [0.25, 0.3) is 0 Å². The lowest BCUT2D eigenvalue weighted by atomic mass is 9.65. The van der Waals surface area contributed by atoms with Crippen LogP contribution in [0, 0.1) is 12.8 Å². The minimum atomic E-state index is -0.531. The first kappa shape index (κ1) is 16.9. The molecule has 1 aliphatic heterocycles. The second kappa shape index (κ2) is 6.45. The highest BCUT2D eigenvalue weighted by molar-refractivity contribution is 6.04. The summed E-state index contributed by atoms with van der Waals surface area (Å²) in [6.07, 6.45) is -0.337. The summed E-state index contributed by atoms with van der Waals surface area (Å²) in [6.45, 7) is 2.04. The monoisotopic (exact) mass is 368 g/mol. The van der Waals surface area contributed by atoms with Gasteiger partial charge in [-0.3, -0.25) is 9.59 Å². The third kappa shape index (κ3) is 2.50. The first-order valence-electron chi connectivity index (χ1n) is 9.60. The topological polar surface area (TPSA) is 43.4 Å². The van der Waals surface area contributed by atoms with E-state index in [-0.39, 0.29) is 23.8 Å². The molecule has 5 rings (SSSR count). The largest absolute Gasteiger partial charge is 0.457 e. The predicted molar refractivity (Wildman–Crippen MR) is 106 cm³/mol. The van der Waals surface area contributed by atoms with Crippen molar-refractivity contribution < 1.29 is 14.3 Å². The van der Waals surface area contributed by atoms with Gasteiger partial charge < -0.3 is 4.74 Å². The van der Waals surface area contributed by atoms with E-state index in [2.05, 4.69) is 12.1 Å². The summed E-state index contributed by atoms with van der Waals surface area (Å²) in [5.74, 6) is -1.49. The van der Waals surface area contributed by atoms with Gasteiger partial charge in [0.1, 0.15) is 6.10 Å². The Morgan fingerprint density at radius 3 is 2.14 bits per heavy atom. The highest BCUT2D eigenvalue weighted by Gasteiger charge is 2.56. The fraction of sp³-hybridized carbons (Fsp3) is 0.200. The molecule has 0 N–H and O–H groups in total. The molecule has 138 valence electrons. The zero-order chi connectivity index (χ0) is 19.3. The minimum Gasteiger partial charge on any atom is -0.457 e. The number of carbonyl (C=O) groups excluding carboxylic acids is 2. The normalized spacial score (nSPS) is 25.1. The average Bonchev–Trinajstić information content (AvgIpc) is 3.00. The van der Waals surface area contributed by atoms with Gasteiger partial charge in [0, 0.05) is 11.5 Å². The third-order valence-electron chi connectivity index (χ3n) is 6.03. The molecule has 4 atom stereocenters. The molecule has 0 aromatic heterocycles. The maximum Gasteiger partial charge on any atom is 0.311 e. The summed E-state index contributed by atoms with van der Waals surface area (Å²) in [6, 6.07) is 25.3. The van der Waals surface area contributed by atoms with Crippen LogP contribution in [0.25, 0.3) is 0 Å². The number of hydrogen-bond donors (Lipinski definition) is 0. The molecule has 3 aromatic carbocycles. The molecule has 3 aromatic rings. The van der Waals surface area contributed by atoms with E-state index in [0.29, 0.717) is 5.56 Å². The Bertz CT molecular complexity index is 1050. The Labute approximate surface area is 164 Å². The molecule has 28 heavy (non-hydrogen) atoms. The van der Waals surface area contributed by atoms with Crippen molar-refractivity contribution in [2.45, 2.75) is 24.9 Å². The number of ketones is 1. The highest BCUT2D eigenvalue weighted by atomic mass is 16.6. The van der Waals surface area contributed by atoms with Gasteiger partial charge in [-0.2, -0.15) is 0 Å². The lowest BCUT2D eigenvalue weighted by Crippen LogP contribution is -2.33. The minimum absolute atomic E-state index is 0.0209. The first-order valence-corrected chi connectivity index (χ1v) is 9.60. The molecule has 2 bridgehead atoms. The lowest BCUT2D eigenvalue weighted by Gasteiger charge is -2.34. The maximum atomic E-state index is 13.5. The van der Waals surface area contributed by atoms with Crippen LogP contribution < -0.4 is 0 Å². The molecule has 0 saturated carbocycles. The summed E-state index contributed by atoms with van der Waals surface area (Å²) in [7, 11) is 0. The quantitative estimate of drug-likeness (QED) is 0.484. The molecule has 0 radical (unpaired) electrons. The number of rotatable bonds is 3. The van der Waals surface area contributed by atoms with Crippen LogP contribution in [0.2, 0.25) is 0 Å². The van der Waals surface area contributed by atoms with Crippen LogP contribution in [0.1, 0.15) is 50.6 Å². The number of benzene rings is 3. The van der Waals surface area contributed by atoms with E-state index in [4.69, 9.17) is 4.74 Å². The Morgan fingerprint density at radius 2 is 1.43 bits per heavy atom. The van der Waals surface area contributed by atoms with Gasteiger partial charge in [0.2, 0.25) is 0 Å². The Balaban J connectivity index is 1.69. The van der Waals surface area contributed by atoms with Crippen molar-refractivity contribution in [3.63, 3.8) is 0 Å². The standard InChI is InChI=1S/C25H20O3/c1-15-11-13-16(14-12-15)20-22-21(23(26)17-7-3-2-4-8-17)18-9-5-6-10-19(18)24(20)28-25(22)27/h2-14,20-22,24H,1H3/t20-,21+,22+,24-/m1/s1. The van der Waals surface area contributed by atoms with Gasteiger partial charge in [-0.1, -0.05) is 84.4 Å². The van der Waals surface area contributed by atoms with E-state index in [1.807, 2.05) is 73.7 Å².